The highest BCUT2D eigenvalue weighted by molar-refractivity contribution is 5.84. The van der Waals surface area contributed by atoms with E-state index in [1.165, 1.54) is 0 Å². The predicted molar refractivity (Wildman–Crippen MR) is 48.0 cm³/mol. The summed E-state index contributed by atoms with van der Waals surface area (Å²) in [5, 5.41) is 26.3. The average molecular weight is 218 g/mol. The highest BCUT2D eigenvalue weighted by Crippen LogP contribution is 2.21. The lowest BCUT2D eigenvalue weighted by Crippen LogP contribution is -2.41. The largest absolute Gasteiger partial charge is 0.479 e. The van der Waals surface area contributed by atoms with Crippen molar-refractivity contribution in [3.8, 4) is 0 Å². The van der Waals surface area contributed by atoms with Crippen LogP contribution in [0.4, 0.5) is 0 Å². The smallest absolute Gasteiger partial charge is 0.338 e. The van der Waals surface area contributed by atoms with E-state index in [4.69, 9.17) is 20.1 Å². The van der Waals surface area contributed by atoms with Crippen LogP contribution in [0.3, 0.4) is 0 Å². The number of carbonyl (C=O) groups is 2. The lowest BCUT2D eigenvalue weighted by atomic mass is 10.2. The molecule has 6 heteroatoms. The number of ether oxygens (including phenoxy) is 1. The van der Waals surface area contributed by atoms with Gasteiger partial charge < -0.3 is 20.1 Å². The van der Waals surface area contributed by atoms with Crippen molar-refractivity contribution >= 4 is 11.9 Å². The fourth-order valence-electron chi connectivity index (χ4n) is 1.50. The molecule has 6 nitrogen and oxygen atoms in total. The molecule has 0 radical (unpaired) electrons. The number of aliphatic hydroxyl groups excluding tert-OH is 2. The van der Waals surface area contributed by atoms with Gasteiger partial charge in [-0.15, -0.1) is 0 Å². The van der Waals surface area contributed by atoms with Crippen molar-refractivity contribution in [1.82, 2.24) is 0 Å². The third-order valence-electron chi connectivity index (χ3n) is 2.38. The van der Waals surface area contributed by atoms with Gasteiger partial charge in [0.2, 0.25) is 0 Å². The summed E-state index contributed by atoms with van der Waals surface area (Å²) in [5.41, 5.74) is 0. The van der Waals surface area contributed by atoms with Crippen LogP contribution in [0.15, 0.2) is 0 Å². The normalized spacial score (nSPS) is 20.9. The molecule has 0 bridgehead atoms. The quantitative estimate of drug-likeness (QED) is 0.538. The van der Waals surface area contributed by atoms with Gasteiger partial charge in [0, 0.05) is 0 Å². The zero-order valence-electron chi connectivity index (χ0n) is 8.13. The summed E-state index contributed by atoms with van der Waals surface area (Å²) in [6.45, 7) is 0. The van der Waals surface area contributed by atoms with Gasteiger partial charge in [-0.1, -0.05) is 0 Å². The van der Waals surface area contributed by atoms with Crippen LogP contribution in [0.1, 0.15) is 25.7 Å². The van der Waals surface area contributed by atoms with Crippen molar-refractivity contribution in [2.24, 2.45) is 0 Å². The van der Waals surface area contributed by atoms with Crippen LogP contribution in [0, 0.1) is 0 Å². The fraction of sp³-hybridized carbons (Fsp3) is 0.778. The minimum absolute atomic E-state index is 0.256. The van der Waals surface area contributed by atoms with Gasteiger partial charge in [0.25, 0.3) is 0 Å². The minimum atomic E-state index is -2.13. The molecular weight excluding hydrogens is 204 g/mol. The molecule has 0 aliphatic heterocycles. The van der Waals surface area contributed by atoms with Crippen molar-refractivity contribution < 1.29 is 29.6 Å². The highest BCUT2D eigenvalue weighted by atomic mass is 16.6. The number of hydrogen-bond donors (Lipinski definition) is 3. The molecule has 0 spiro atoms. The first-order valence-electron chi connectivity index (χ1n) is 4.82. The van der Waals surface area contributed by atoms with Crippen LogP contribution >= 0.6 is 0 Å². The molecule has 1 rings (SSSR count). The Balaban J connectivity index is 2.41. The van der Waals surface area contributed by atoms with Crippen LogP contribution in [-0.4, -0.2) is 45.6 Å². The van der Waals surface area contributed by atoms with Crippen LogP contribution in [-0.2, 0) is 14.3 Å². The molecule has 1 fully saturated rings. The Morgan fingerprint density at radius 1 is 1.13 bits per heavy atom. The molecule has 1 saturated carbocycles. The predicted octanol–water partition coefficient (Wildman–Crippen LogP) is -0.721. The zero-order chi connectivity index (χ0) is 11.4. The number of rotatable bonds is 4. The summed E-state index contributed by atoms with van der Waals surface area (Å²) >= 11 is 0. The minimum Gasteiger partial charge on any atom is -0.479 e. The maximum absolute atomic E-state index is 11.1. The molecule has 3 N–H and O–H groups in total. The summed E-state index contributed by atoms with van der Waals surface area (Å²) in [5.74, 6) is -2.72. The van der Waals surface area contributed by atoms with Gasteiger partial charge in [-0.2, -0.15) is 0 Å². The molecule has 1 aliphatic rings. The summed E-state index contributed by atoms with van der Waals surface area (Å²) in [4.78, 5) is 21.4. The van der Waals surface area contributed by atoms with E-state index in [0.29, 0.717) is 0 Å². The van der Waals surface area contributed by atoms with E-state index in [1.807, 2.05) is 0 Å². The second kappa shape index (κ2) is 5.09. The van der Waals surface area contributed by atoms with Crippen molar-refractivity contribution in [3.05, 3.63) is 0 Å². The summed E-state index contributed by atoms with van der Waals surface area (Å²) in [6.07, 6.45) is -1.04. The number of aliphatic hydroxyl groups is 2. The monoisotopic (exact) mass is 218 g/mol. The zero-order valence-corrected chi connectivity index (χ0v) is 8.13. The first-order chi connectivity index (χ1) is 7.02. The molecule has 2 unspecified atom stereocenters. The number of carboxylic acids is 1. The Hall–Kier alpha value is -1.14. The molecule has 0 aromatic heterocycles. The van der Waals surface area contributed by atoms with E-state index < -0.39 is 24.1 Å². The van der Waals surface area contributed by atoms with E-state index in [1.54, 1.807) is 0 Å². The summed E-state index contributed by atoms with van der Waals surface area (Å²) < 4.78 is 4.83. The molecule has 0 heterocycles. The number of hydrogen-bond acceptors (Lipinski definition) is 5. The lowest BCUT2D eigenvalue weighted by Gasteiger charge is -2.16. The molecule has 1 aliphatic carbocycles. The second-order valence-electron chi connectivity index (χ2n) is 3.57. The van der Waals surface area contributed by atoms with Gasteiger partial charge >= 0.3 is 11.9 Å². The number of aliphatic carboxylic acids is 1. The molecule has 0 saturated heterocycles. The molecule has 2 atom stereocenters. The van der Waals surface area contributed by atoms with Gasteiger partial charge in [0.05, 0.1) is 0 Å². The Bertz CT molecular complexity index is 245. The van der Waals surface area contributed by atoms with Crippen molar-refractivity contribution in [1.29, 1.82) is 0 Å². The van der Waals surface area contributed by atoms with E-state index >= 15 is 0 Å². The van der Waals surface area contributed by atoms with Crippen LogP contribution in [0.2, 0.25) is 0 Å². The lowest BCUT2D eigenvalue weighted by molar-refractivity contribution is -0.173. The second-order valence-corrected chi connectivity index (χ2v) is 3.57. The van der Waals surface area contributed by atoms with Gasteiger partial charge in [-0.3, -0.25) is 0 Å². The summed E-state index contributed by atoms with van der Waals surface area (Å²) in [7, 11) is 0. The number of carbonyl (C=O) groups excluding carboxylic acids is 1. The third-order valence-corrected chi connectivity index (χ3v) is 2.38. The molecule has 0 aromatic carbocycles. The first kappa shape index (κ1) is 11.9. The highest BCUT2D eigenvalue weighted by Gasteiger charge is 2.33. The summed E-state index contributed by atoms with van der Waals surface area (Å²) in [6, 6.07) is 0. The van der Waals surface area contributed by atoms with E-state index in [9.17, 15) is 9.59 Å². The van der Waals surface area contributed by atoms with Crippen molar-refractivity contribution in [2.75, 3.05) is 0 Å². The maximum atomic E-state index is 11.1. The fourth-order valence-corrected chi connectivity index (χ4v) is 1.50. The molecule has 86 valence electrons. The first-order valence-corrected chi connectivity index (χ1v) is 4.82. The van der Waals surface area contributed by atoms with Crippen LogP contribution < -0.4 is 0 Å². The Morgan fingerprint density at radius 3 is 2.13 bits per heavy atom. The van der Waals surface area contributed by atoms with Crippen LogP contribution in [0.25, 0.3) is 0 Å². The topological polar surface area (TPSA) is 104 Å². The number of carboxylic acid groups (broad SMARTS) is 1. The van der Waals surface area contributed by atoms with E-state index in [0.717, 1.165) is 25.7 Å². The SMILES string of the molecule is O=C(O)C(O)C(O)C(=O)OC1CCCC1. The standard InChI is InChI=1S/C9H14O6/c10-6(8(12)13)7(11)9(14)15-5-3-1-2-4-5/h5-7,10-11H,1-4H2,(H,12,13). The van der Waals surface area contributed by atoms with E-state index in [-0.39, 0.29) is 6.10 Å². The van der Waals surface area contributed by atoms with E-state index in [2.05, 4.69) is 0 Å². The Labute approximate surface area is 86.5 Å². The van der Waals surface area contributed by atoms with Crippen molar-refractivity contribution in [2.45, 2.75) is 44.0 Å². The molecule has 15 heavy (non-hydrogen) atoms. The molecule has 0 aromatic rings. The van der Waals surface area contributed by atoms with Gasteiger partial charge in [-0.05, 0) is 25.7 Å². The van der Waals surface area contributed by atoms with Crippen LogP contribution in [0.5, 0.6) is 0 Å². The van der Waals surface area contributed by atoms with Gasteiger partial charge in [0.1, 0.15) is 6.10 Å². The van der Waals surface area contributed by atoms with Gasteiger partial charge in [-0.25, -0.2) is 9.59 Å². The van der Waals surface area contributed by atoms with Crippen molar-refractivity contribution in [3.63, 3.8) is 0 Å². The number of esters is 1. The molecule has 0 amide bonds. The third kappa shape index (κ3) is 3.17. The van der Waals surface area contributed by atoms with Gasteiger partial charge in [0.15, 0.2) is 12.2 Å². The Kier molecular flexibility index (Phi) is 4.05. The maximum Gasteiger partial charge on any atom is 0.338 e. The molecular formula is C9H14O6. The Morgan fingerprint density at radius 2 is 1.67 bits per heavy atom. The average Bonchev–Trinajstić information content (AvgIpc) is 2.67.